The number of aryl methyl sites for hydroxylation is 1. The molecule has 2 saturated heterocycles. The number of morpholine rings is 1. The van der Waals surface area contributed by atoms with Crippen LogP contribution in [0.3, 0.4) is 0 Å². The van der Waals surface area contributed by atoms with Gasteiger partial charge in [-0.2, -0.15) is 0 Å². The molecule has 0 unspecified atom stereocenters. The van der Waals surface area contributed by atoms with E-state index in [1.54, 1.807) is 24.0 Å². The summed E-state index contributed by atoms with van der Waals surface area (Å²) in [6, 6.07) is 18.8. The first-order chi connectivity index (χ1) is 20.8. The SMILES string of the molecule is CC1=CCc2ccc(NC(=O)[C@H]3CCCN(C(=O)c4c(C)cccc4F)[C@H]3c3ccc(CN4CCOC[C@@H]4C)cc3)cc21. The van der Waals surface area contributed by atoms with Gasteiger partial charge in [0.1, 0.15) is 5.82 Å². The number of halogens is 1. The van der Waals surface area contributed by atoms with Crippen LogP contribution in [0.1, 0.15) is 70.9 Å². The summed E-state index contributed by atoms with van der Waals surface area (Å²) < 4.78 is 20.6. The van der Waals surface area contributed by atoms with Crippen molar-refractivity contribution in [1.82, 2.24) is 9.80 Å². The van der Waals surface area contributed by atoms with Gasteiger partial charge in [-0.3, -0.25) is 14.5 Å². The molecule has 6 nitrogen and oxygen atoms in total. The van der Waals surface area contributed by atoms with Gasteiger partial charge in [-0.1, -0.05) is 48.5 Å². The maximum Gasteiger partial charge on any atom is 0.257 e. The average Bonchev–Trinajstić information content (AvgIpc) is 3.38. The van der Waals surface area contributed by atoms with E-state index in [-0.39, 0.29) is 17.4 Å². The monoisotopic (exact) mass is 581 g/mol. The Morgan fingerprint density at radius 1 is 1.05 bits per heavy atom. The lowest BCUT2D eigenvalue weighted by molar-refractivity contribution is -0.123. The number of carbonyl (C=O) groups excluding carboxylic acids is 2. The molecule has 2 aliphatic heterocycles. The molecule has 224 valence electrons. The fourth-order valence-corrected chi connectivity index (χ4v) is 6.82. The van der Waals surface area contributed by atoms with Crippen LogP contribution < -0.4 is 5.32 Å². The van der Waals surface area contributed by atoms with E-state index in [2.05, 4.69) is 48.3 Å². The molecule has 0 spiro atoms. The molecule has 2 heterocycles. The van der Waals surface area contributed by atoms with Crippen molar-refractivity contribution in [3.63, 3.8) is 0 Å². The van der Waals surface area contributed by atoms with Crippen molar-refractivity contribution >= 4 is 23.1 Å². The second kappa shape index (κ2) is 12.4. The van der Waals surface area contributed by atoms with Crippen molar-refractivity contribution in [2.24, 2.45) is 5.92 Å². The largest absolute Gasteiger partial charge is 0.379 e. The average molecular weight is 582 g/mol. The standard InChI is InChI=1S/C36H40FN3O3/c1-23-9-12-27-15-16-29(20-31(23)27)38-35(41)30-7-5-17-40(36(42)33-24(2)6-4-8-32(33)37)34(30)28-13-10-26(11-14-28)21-39-18-19-43-22-25(39)3/h4,6,8-11,13-16,20,25,30,34H,5,7,12,17-19,21-22H2,1-3H3,(H,38,41)/t25-,30-,34-/m0/s1. The Hall–Kier alpha value is -3.81. The van der Waals surface area contributed by atoms with Gasteiger partial charge in [-0.05, 0) is 91.6 Å². The van der Waals surface area contributed by atoms with Crippen molar-refractivity contribution < 1.29 is 18.7 Å². The number of anilines is 1. The third-order valence-electron chi connectivity index (χ3n) is 9.31. The van der Waals surface area contributed by atoms with Gasteiger partial charge in [-0.25, -0.2) is 4.39 Å². The highest BCUT2D eigenvalue weighted by molar-refractivity contribution is 5.98. The second-order valence-corrected chi connectivity index (χ2v) is 12.2. The third kappa shape index (κ3) is 6.01. The Balaban J connectivity index is 1.31. The predicted molar refractivity (Wildman–Crippen MR) is 167 cm³/mol. The highest BCUT2D eigenvalue weighted by Gasteiger charge is 2.40. The summed E-state index contributed by atoms with van der Waals surface area (Å²) in [4.78, 5) is 32.1. The number of hydrogen-bond donors (Lipinski definition) is 1. The minimum atomic E-state index is -0.535. The molecule has 43 heavy (non-hydrogen) atoms. The van der Waals surface area contributed by atoms with Crippen LogP contribution in [0.2, 0.25) is 0 Å². The minimum Gasteiger partial charge on any atom is -0.379 e. The highest BCUT2D eigenvalue weighted by Crippen LogP contribution is 2.39. The van der Waals surface area contributed by atoms with E-state index in [4.69, 9.17) is 4.74 Å². The molecule has 3 aromatic carbocycles. The molecule has 3 atom stereocenters. The first-order valence-corrected chi connectivity index (χ1v) is 15.4. The lowest BCUT2D eigenvalue weighted by Gasteiger charge is -2.41. The minimum absolute atomic E-state index is 0.0763. The maximum absolute atomic E-state index is 15.0. The number of piperidine rings is 1. The molecule has 0 bridgehead atoms. The van der Waals surface area contributed by atoms with Gasteiger partial charge >= 0.3 is 0 Å². The van der Waals surface area contributed by atoms with Gasteiger partial charge in [0.2, 0.25) is 5.91 Å². The zero-order valence-corrected chi connectivity index (χ0v) is 25.2. The van der Waals surface area contributed by atoms with E-state index in [0.29, 0.717) is 31.0 Å². The van der Waals surface area contributed by atoms with Crippen LogP contribution in [-0.2, 0) is 22.5 Å². The van der Waals surface area contributed by atoms with Gasteiger partial charge in [0.15, 0.2) is 0 Å². The van der Waals surface area contributed by atoms with Crippen molar-refractivity contribution in [1.29, 1.82) is 0 Å². The van der Waals surface area contributed by atoms with E-state index in [0.717, 1.165) is 49.5 Å². The summed E-state index contributed by atoms with van der Waals surface area (Å²) in [6.07, 6.45) is 4.40. The maximum atomic E-state index is 15.0. The zero-order valence-electron chi connectivity index (χ0n) is 25.2. The molecule has 3 aromatic rings. The van der Waals surface area contributed by atoms with Crippen molar-refractivity contribution in [3.8, 4) is 0 Å². The molecule has 2 fully saturated rings. The Bertz CT molecular complexity index is 1530. The van der Waals surface area contributed by atoms with E-state index in [9.17, 15) is 9.59 Å². The molecular weight excluding hydrogens is 541 g/mol. The number of carbonyl (C=O) groups is 2. The number of nitrogens with zero attached hydrogens (tertiary/aromatic N) is 2. The Morgan fingerprint density at radius 2 is 1.86 bits per heavy atom. The zero-order chi connectivity index (χ0) is 30.1. The van der Waals surface area contributed by atoms with Crippen LogP contribution in [-0.4, -0.2) is 54.0 Å². The van der Waals surface area contributed by atoms with Crippen molar-refractivity contribution in [3.05, 3.63) is 106 Å². The molecule has 3 aliphatic rings. The number of benzene rings is 3. The number of allylic oxidation sites excluding steroid dienone is 2. The molecule has 0 radical (unpaired) electrons. The van der Waals surface area contributed by atoms with Crippen LogP contribution in [0, 0.1) is 18.7 Å². The summed E-state index contributed by atoms with van der Waals surface area (Å²) >= 11 is 0. The van der Waals surface area contributed by atoms with Crippen LogP contribution in [0.25, 0.3) is 5.57 Å². The topological polar surface area (TPSA) is 61.9 Å². The summed E-state index contributed by atoms with van der Waals surface area (Å²) in [5.74, 6) is -1.52. The first-order valence-electron chi connectivity index (χ1n) is 15.4. The quantitative estimate of drug-likeness (QED) is 0.359. The molecule has 7 heteroatoms. The summed E-state index contributed by atoms with van der Waals surface area (Å²) in [7, 11) is 0. The van der Waals surface area contributed by atoms with Crippen LogP contribution in [0.15, 0.2) is 66.7 Å². The molecule has 1 N–H and O–H groups in total. The number of fused-ring (bicyclic) bond motifs is 1. The van der Waals surface area contributed by atoms with Crippen molar-refractivity contribution in [2.45, 2.75) is 58.7 Å². The number of rotatable bonds is 6. The molecular formula is C36H40FN3O3. The number of hydrogen-bond acceptors (Lipinski definition) is 4. The lowest BCUT2D eigenvalue weighted by atomic mass is 9.83. The number of likely N-dealkylation sites (tertiary alicyclic amines) is 1. The van der Waals surface area contributed by atoms with Gasteiger partial charge in [0, 0.05) is 31.4 Å². The summed E-state index contributed by atoms with van der Waals surface area (Å²) in [5, 5.41) is 3.16. The number of nitrogens with one attached hydrogen (secondary N) is 1. The fraction of sp³-hybridized carbons (Fsp3) is 0.389. The van der Waals surface area contributed by atoms with Crippen LogP contribution in [0.5, 0.6) is 0 Å². The van der Waals surface area contributed by atoms with E-state index >= 15 is 4.39 Å². The predicted octanol–water partition coefficient (Wildman–Crippen LogP) is 6.55. The second-order valence-electron chi connectivity index (χ2n) is 12.2. The molecule has 1 aliphatic carbocycles. The fourth-order valence-electron chi connectivity index (χ4n) is 6.82. The number of ether oxygens (including phenoxy) is 1. The summed E-state index contributed by atoms with van der Waals surface area (Å²) in [6.45, 7) is 9.62. The van der Waals surface area contributed by atoms with Gasteiger partial charge in [0.25, 0.3) is 5.91 Å². The summed E-state index contributed by atoms with van der Waals surface area (Å²) in [5.41, 5.74) is 7.10. The smallest absolute Gasteiger partial charge is 0.257 e. The molecule has 0 aromatic heterocycles. The third-order valence-corrected chi connectivity index (χ3v) is 9.31. The van der Waals surface area contributed by atoms with Gasteiger partial charge in [0.05, 0.1) is 30.7 Å². The highest BCUT2D eigenvalue weighted by atomic mass is 19.1. The Kier molecular flexibility index (Phi) is 8.46. The normalized spacial score (nSPS) is 22.2. The van der Waals surface area contributed by atoms with E-state index in [1.165, 1.54) is 22.8 Å². The Morgan fingerprint density at radius 3 is 2.63 bits per heavy atom. The Labute approximate surface area is 253 Å². The van der Waals surface area contributed by atoms with Gasteiger partial charge in [-0.15, -0.1) is 0 Å². The van der Waals surface area contributed by atoms with Crippen molar-refractivity contribution in [2.75, 3.05) is 31.6 Å². The van der Waals surface area contributed by atoms with E-state index in [1.807, 2.05) is 24.3 Å². The lowest BCUT2D eigenvalue weighted by Crippen LogP contribution is -2.46. The molecule has 0 saturated carbocycles. The van der Waals surface area contributed by atoms with Crippen LogP contribution in [0.4, 0.5) is 10.1 Å². The number of amides is 2. The van der Waals surface area contributed by atoms with Gasteiger partial charge < -0.3 is 15.0 Å². The molecule has 2 amide bonds. The van der Waals surface area contributed by atoms with Crippen LogP contribution >= 0.6 is 0 Å². The molecule has 6 rings (SSSR count). The van der Waals surface area contributed by atoms with E-state index < -0.39 is 17.8 Å². The first kappa shape index (κ1) is 29.3.